The summed E-state index contributed by atoms with van der Waals surface area (Å²) in [6.07, 6.45) is 1.21. The van der Waals surface area contributed by atoms with Crippen LogP contribution in [0.25, 0.3) is 0 Å². The van der Waals surface area contributed by atoms with Gasteiger partial charge in [-0.1, -0.05) is 19.9 Å². The first-order chi connectivity index (χ1) is 14.8. The monoisotopic (exact) mass is 448 g/mol. The third-order valence-corrected chi connectivity index (χ3v) is 9.55. The maximum absolute atomic E-state index is 15.5. The highest BCUT2D eigenvalue weighted by Crippen LogP contribution is 2.76. The van der Waals surface area contributed by atoms with E-state index in [2.05, 4.69) is 0 Å². The molecule has 5 aliphatic rings. The molecule has 1 heterocycles. The zero-order chi connectivity index (χ0) is 23.4. The lowest BCUT2D eigenvalue weighted by Crippen LogP contribution is -2.64. The van der Waals surface area contributed by atoms with E-state index >= 15 is 4.39 Å². The van der Waals surface area contributed by atoms with Crippen LogP contribution < -0.4 is 0 Å². The number of Topliss-reactive ketones (excluding diaryl/α,β-unsaturated/α-hetero) is 1. The summed E-state index contributed by atoms with van der Waals surface area (Å²) in [5.41, 5.74) is -3.99. The number of carboxylic acid groups (broad SMARTS) is 1. The van der Waals surface area contributed by atoms with Crippen LogP contribution in [0, 0.1) is 28.6 Å². The van der Waals surface area contributed by atoms with Gasteiger partial charge in [-0.05, 0) is 61.7 Å². The zero-order valence-corrected chi connectivity index (χ0v) is 18.4. The minimum Gasteiger partial charge on any atom is -0.481 e. The number of allylic oxidation sites excluding steroid dienone is 2. The number of epoxide rings is 1. The number of aliphatic hydroxyl groups is 2. The van der Waals surface area contributed by atoms with Crippen LogP contribution in [0.5, 0.6) is 0 Å². The van der Waals surface area contributed by atoms with Crippen molar-refractivity contribution in [1.29, 1.82) is 0 Å². The average molecular weight is 448 g/mol. The number of fused-ring (bicyclic) bond motifs is 3. The van der Waals surface area contributed by atoms with Gasteiger partial charge in [-0.15, -0.1) is 0 Å². The first-order valence-corrected chi connectivity index (χ1v) is 11.3. The molecule has 32 heavy (non-hydrogen) atoms. The van der Waals surface area contributed by atoms with Crippen molar-refractivity contribution in [3.63, 3.8) is 0 Å². The fourth-order valence-electron chi connectivity index (χ4n) is 8.01. The van der Waals surface area contributed by atoms with Crippen molar-refractivity contribution in [2.45, 2.75) is 76.0 Å². The number of hydrogen-bond acceptors (Lipinski definition) is 6. The van der Waals surface area contributed by atoms with Crippen LogP contribution in [-0.2, 0) is 19.1 Å². The Bertz CT molecular complexity index is 989. The SMILES string of the molecule is C[C@H]1C[C@H]2[C@@H]3C[C@H](F)C4=CC(=O)C=C[C@]4(C)[C@@]34O[C@H]4C[C@]2(C)[C@@]1(O)C(=O)C(O)CC(=O)O. The summed E-state index contributed by atoms with van der Waals surface area (Å²) in [5, 5.41) is 31.1. The molecule has 1 unspecified atom stereocenters. The van der Waals surface area contributed by atoms with Gasteiger partial charge in [0, 0.05) is 10.8 Å². The van der Waals surface area contributed by atoms with E-state index in [-0.39, 0.29) is 30.1 Å². The van der Waals surface area contributed by atoms with Gasteiger partial charge in [0.2, 0.25) is 0 Å². The normalized spacial score (nSPS) is 51.6. The summed E-state index contributed by atoms with van der Waals surface area (Å²) < 4.78 is 21.8. The van der Waals surface area contributed by atoms with Gasteiger partial charge in [0.05, 0.1) is 12.5 Å². The molecule has 0 radical (unpaired) electrons. The molecule has 0 aromatic carbocycles. The number of ketones is 2. The molecule has 1 spiro atoms. The van der Waals surface area contributed by atoms with E-state index in [9.17, 15) is 24.6 Å². The standard InChI is InChI=1S/C24H29FO7/c1-11-6-13-14-8-16(25)15-7-12(26)4-5-21(15,2)24(14)18(32-24)10-22(13,3)23(11,31)20(30)17(27)9-19(28)29/h4-5,7,11,13-14,16-18,27,31H,6,8-10H2,1-3H3,(H,28,29)/t11-,13-,14-,16-,17?,18-,21-,22-,23-,24+/m0/s1. The maximum Gasteiger partial charge on any atom is 0.306 e. The molecule has 1 saturated heterocycles. The van der Waals surface area contributed by atoms with Crippen molar-refractivity contribution in [1.82, 2.24) is 0 Å². The second-order valence-electron chi connectivity index (χ2n) is 10.9. The Morgan fingerprint density at radius 1 is 1.28 bits per heavy atom. The minimum absolute atomic E-state index is 0.133. The average Bonchev–Trinajstić information content (AvgIpc) is 3.39. The van der Waals surface area contributed by atoms with Gasteiger partial charge in [-0.25, -0.2) is 4.39 Å². The smallest absolute Gasteiger partial charge is 0.306 e. The number of halogens is 1. The fraction of sp³-hybridized carbons (Fsp3) is 0.708. The third kappa shape index (κ3) is 2.33. The predicted molar refractivity (Wildman–Crippen MR) is 109 cm³/mol. The van der Waals surface area contributed by atoms with E-state index in [1.807, 2.05) is 6.92 Å². The molecule has 0 aromatic heterocycles. The lowest BCUT2D eigenvalue weighted by atomic mass is 9.46. The lowest BCUT2D eigenvalue weighted by molar-refractivity contribution is -0.173. The molecule has 3 saturated carbocycles. The Morgan fingerprint density at radius 3 is 2.62 bits per heavy atom. The van der Waals surface area contributed by atoms with Crippen LogP contribution in [0.4, 0.5) is 4.39 Å². The number of carboxylic acids is 1. The fourth-order valence-corrected chi connectivity index (χ4v) is 8.01. The van der Waals surface area contributed by atoms with E-state index in [0.29, 0.717) is 18.4 Å². The van der Waals surface area contributed by atoms with Crippen LogP contribution >= 0.6 is 0 Å². The van der Waals surface area contributed by atoms with Crippen molar-refractivity contribution >= 4 is 17.5 Å². The Labute approximate surface area is 185 Å². The summed E-state index contributed by atoms with van der Waals surface area (Å²) in [5.74, 6) is -3.53. The number of hydrogen-bond donors (Lipinski definition) is 3. The van der Waals surface area contributed by atoms with Crippen molar-refractivity contribution in [3.8, 4) is 0 Å². The van der Waals surface area contributed by atoms with Crippen molar-refractivity contribution in [2.75, 3.05) is 0 Å². The topological polar surface area (TPSA) is 124 Å². The van der Waals surface area contributed by atoms with E-state index in [0.717, 1.165) is 0 Å². The molecule has 8 heteroatoms. The van der Waals surface area contributed by atoms with Gasteiger partial charge in [0.15, 0.2) is 11.6 Å². The molecular weight excluding hydrogens is 419 g/mol. The third-order valence-electron chi connectivity index (χ3n) is 9.55. The summed E-state index contributed by atoms with van der Waals surface area (Å²) in [7, 11) is 0. The van der Waals surface area contributed by atoms with Crippen molar-refractivity contribution in [3.05, 3.63) is 23.8 Å². The van der Waals surface area contributed by atoms with Gasteiger partial charge in [-0.2, -0.15) is 0 Å². The van der Waals surface area contributed by atoms with Crippen molar-refractivity contribution < 1.29 is 38.8 Å². The molecule has 7 nitrogen and oxygen atoms in total. The lowest BCUT2D eigenvalue weighted by Gasteiger charge is -2.56. The van der Waals surface area contributed by atoms with E-state index < -0.39 is 58.4 Å². The summed E-state index contributed by atoms with van der Waals surface area (Å²) >= 11 is 0. The Morgan fingerprint density at radius 2 is 1.97 bits per heavy atom. The Kier molecular flexibility index (Phi) is 4.36. The van der Waals surface area contributed by atoms with Crippen LogP contribution in [0.15, 0.2) is 23.8 Å². The van der Waals surface area contributed by atoms with Crippen LogP contribution in [0.1, 0.15) is 46.5 Å². The Hall–Kier alpha value is -1.90. The van der Waals surface area contributed by atoms with Gasteiger partial charge in [-0.3, -0.25) is 14.4 Å². The molecule has 5 rings (SSSR count). The highest BCUT2D eigenvalue weighted by Gasteiger charge is 2.83. The molecule has 1 aliphatic heterocycles. The largest absolute Gasteiger partial charge is 0.481 e. The number of aliphatic carboxylic acids is 1. The van der Waals surface area contributed by atoms with Crippen LogP contribution in [-0.4, -0.2) is 62.4 Å². The second-order valence-corrected chi connectivity index (χ2v) is 10.9. The van der Waals surface area contributed by atoms with Crippen LogP contribution in [0.3, 0.4) is 0 Å². The van der Waals surface area contributed by atoms with Gasteiger partial charge in [0.1, 0.15) is 23.5 Å². The highest BCUT2D eigenvalue weighted by molar-refractivity contribution is 6.01. The number of carbonyl (C=O) groups is 3. The zero-order valence-electron chi connectivity index (χ0n) is 18.4. The summed E-state index contributed by atoms with van der Waals surface area (Å²) in [4.78, 5) is 36.2. The first kappa shape index (κ1) is 21.9. The van der Waals surface area contributed by atoms with E-state index in [4.69, 9.17) is 9.84 Å². The number of aliphatic hydroxyl groups excluding tert-OH is 1. The molecule has 0 amide bonds. The van der Waals surface area contributed by atoms with E-state index in [1.165, 1.54) is 12.2 Å². The number of ether oxygens (including phenoxy) is 1. The second kappa shape index (κ2) is 6.36. The van der Waals surface area contributed by atoms with E-state index in [1.54, 1.807) is 19.9 Å². The predicted octanol–water partition coefficient (Wildman–Crippen LogP) is 1.76. The molecule has 0 bridgehead atoms. The van der Waals surface area contributed by atoms with Gasteiger partial charge in [0.25, 0.3) is 0 Å². The Balaban J connectivity index is 1.56. The molecule has 10 atom stereocenters. The summed E-state index contributed by atoms with van der Waals surface area (Å²) in [6, 6.07) is 0. The number of alkyl halides is 1. The minimum atomic E-state index is -1.94. The number of rotatable bonds is 4. The molecule has 4 fully saturated rings. The molecule has 4 aliphatic carbocycles. The quantitative estimate of drug-likeness (QED) is 0.560. The molecule has 0 aromatic rings. The summed E-state index contributed by atoms with van der Waals surface area (Å²) in [6.45, 7) is 5.42. The highest BCUT2D eigenvalue weighted by atomic mass is 19.1. The van der Waals surface area contributed by atoms with Gasteiger partial charge < -0.3 is 20.1 Å². The van der Waals surface area contributed by atoms with Crippen LogP contribution in [0.2, 0.25) is 0 Å². The molecular formula is C24H29FO7. The number of carbonyl (C=O) groups excluding carboxylic acids is 2. The molecule has 174 valence electrons. The van der Waals surface area contributed by atoms with Crippen molar-refractivity contribution in [2.24, 2.45) is 28.6 Å². The molecule has 3 N–H and O–H groups in total. The maximum atomic E-state index is 15.5. The first-order valence-electron chi connectivity index (χ1n) is 11.3. The van der Waals surface area contributed by atoms with Gasteiger partial charge >= 0.3 is 5.97 Å².